The summed E-state index contributed by atoms with van der Waals surface area (Å²) in [6, 6.07) is 80.5. The van der Waals surface area contributed by atoms with Crippen molar-refractivity contribution in [3.05, 3.63) is 241 Å². The molecule has 0 bridgehead atoms. The van der Waals surface area contributed by atoms with Gasteiger partial charge in [0.05, 0.1) is 22.1 Å². The summed E-state index contributed by atoms with van der Waals surface area (Å²) < 4.78 is 2.39. The largest absolute Gasteiger partial charge is 0.310 e. The molecule has 2 aliphatic rings. The molecule has 57 heavy (non-hydrogen) atoms. The lowest BCUT2D eigenvalue weighted by Gasteiger charge is -2.32. The molecule has 266 valence electrons. The molecular formula is C55H36N2. The first kappa shape index (κ1) is 31.9. The van der Waals surface area contributed by atoms with Gasteiger partial charge in [-0.1, -0.05) is 164 Å². The molecule has 0 aliphatic heterocycles. The van der Waals surface area contributed by atoms with Crippen LogP contribution in [0.4, 0.5) is 17.1 Å². The van der Waals surface area contributed by atoms with Crippen LogP contribution in [0.1, 0.15) is 22.3 Å². The van der Waals surface area contributed by atoms with E-state index in [4.69, 9.17) is 0 Å². The van der Waals surface area contributed by atoms with Crippen molar-refractivity contribution in [1.82, 2.24) is 4.57 Å². The van der Waals surface area contributed by atoms with Crippen molar-refractivity contribution in [3.8, 4) is 39.1 Å². The van der Waals surface area contributed by atoms with Gasteiger partial charge < -0.3 is 9.47 Å². The minimum absolute atomic E-state index is 0.438. The Morgan fingerprint density at radius 3 is 1.51 bits per heavy atom. The molecule has 10 aromatic rings. The maximum atomic E-state index is 2.49. The molecule has 12 rings (SSSR count). The Balaban J connectivity index is 1.15. The Hall–Kier alpha value is -7.42. The van der Waals surface area contributed by atoms with E-state index >= 15 is 0 Å². The van der Waals surface area contributed by atoms with Gasteiger partial charge in [0.15, 0.2) is 0 Å². The first-order chi connectivity index (χ1) is 28.3. The zero-order chi connectivity index (χ0) is 37.5. The van der Waals surface area contributed by atoms with Crippen LogP contribution in [0.2, 0.25) is 0 Å². The van der Waals surface area contributed by atoms with Crippen LogP contribution in [0.5, 0.6) is 0 Å². The Morgan fingerprint density at radius 1 is 0.333 bits per heavy atom. The summed E-state index contributed by atoms with van der Waals surface area (Å²) in [5.74, 6) is 0. The number of benzene rings is 9. The third-order valence-corrected chi connectivity index (χ3v) is 12.4. The molecule has 0 unspecified atom stereocenters. The van der Waals surface area contributed by atoms with Gasteiger partial charge >= 0.3 is 0 Å². The van der Waals surface area contributed by atoms with E-state index in [-0.39, 0.29) is 0 Å². The molecule has 1 aromatic heterocycles. The van der Waals surface area contributed by atoms with Gasteiger partial charge in [0, 0.05) is 33.4 Å². The standard InChI is InChI=1S/C55H36N2/c1-3-17-37(18-4-1)41-21-10-15-29-52(41)56(39-32-34-54-47(35-39)46-25-11-16-30-53(46)57(54)38-19-5-2-6-20-38)40-31-33-45-44-24-9-14-28-50(44)55(51(45)36-40)48-26-12-7-22-42(48)43-23-8-13-27-49(43)55/h1-36H. The van der Waals surface area contributed by atoms with Crippen molar-refractivity contribution in [2.45, 2.75) is 5.41 Å². The van der Waals surface area contributed by atoms with E-state index in [1.165, 1.54) is 77.4 Å². The average Bonchev–Trinajstić information content (AvgIpc) is 3.89. The third-order valence-electron chi connectivity index (χ3n) is 12.4. The van der Waals surface area contributed by atoms with E-state index in [2.05, 4.69) is 228 Å². The zero-order valence-corrected chi connectivity index (χ0v) is 31.2. The summed E-state index contributed by atoms with van der Waals surface area (Å²) in [5.41, 5.74) is 19.4. The van der Waals surface area contributed by atoms with Crippen molar-refractivity contribution in [2.24, 2.45) is 0 Å². The molecule has 2 nitrogen and oxygen atoms in total. The van der Waals surface area contributed by atoms with Gasteiger partial charge in [0.25, 0.3) is 0 Å². The van der Waals surface area contributed by atoms with E-state index in [1.807, 2.05) is 0 Å². The van der Waals surface area contributed by atoms with Crippen LogP contribution in [0.3, 0.4) is 0 Å². The van der Waals surface area contributed by atoms with Crippen LogP contribution in [0.15, 0.2) is 218 Å². The summed E-state index contributed by atoms with van der Waals surface area (Å²) in [6.45, 7) is 0. The van der Waals surface area contributed by atoms with Crippen LogP contribution in [0, 0.1) is 0 Å². The number of para-hydroxylation sites is 3. The number of hydrogen-bond acceptors (Lipinski definition) is 1. The third kappa shape index (κ3) is 4.47. The Kier molecular flexibility index (Phi) is 6.88. The quantitative estimate of drug-likeness (QED) is 0.172. The Bertz CT molecular complexity index is 3130. The molecule has 0 radical (unpaired) electrons. The molecular weight excluding hydrogens is 689 g/mol. The van der Waals surface area contributed by atoms with Crippen molar-refractivity contribution in [2.75, 3.05) is 4.90 Å². The van der Waals surface area contributed by atoms with E-state index in [0.717, 1.165) is 22.7 Å². The van der Waals surface area contributed by atoms with Gasteiger partial charge in [-0.05, 0) is 105 Å². The maximum absolute atomic E-state index is 2.49. The smallest absolute Gasteiger partial charge is 0.0726 e. The SMILES string of the molecule is c1ccc(-c2ccccc2N(c2ccc3c(c2)C2(c4ccccc4-c4ccccc42)c2ccccc2-3)c2ccc3c(c2)c2ccccc2n3-c2ccccc2)cc1. The van der Waals surface area contributed by atoms with E-state index < -0.39 is 5.41 Å². The summed E-state index contributed by atoms with van der Waals surface area (Å²) in [4.78, 5) is 2.49. The van der Waals surface area contributed by atoms with Gasteiger partial charge in [-0.2, -0.15) is 0 Å². The summed E-state index contributed by atoms with van der Waals surface area (Å²) in [7, 11) is 0. The van der Waals surface area contributed by atoms with Gasteiger partial charge in [-0.15, -0.1) is 0 Å². The molecule has 2 aliphatic carbocycles. The zero-order valence-electron chi connectivity index (χ0n) is 31.2. The summed E-state index contributed by atoms with van der Waals surface area (Å²) in [5, 5.41) is 2.45. The molecule has 0 atom stereocenters. The lowest BCUT2D eigenvalue weighted by atomic mass is 9.70. The highest BCUT2D eigenvalue weighted by Gasteiger charge is 2.51. The van der Waals surface area contributed by atoms with Gasteiger partial charge in [-0.25, -0.2) is 0 Å². The lowest BCUT2D eigenvalue weighted by molar-refractivity contribution is 0.793. The van der Waals surface area contributed by atoms with Crippen molar-refractivity contribution < 1.29 is 0 Å². The molecule has 0 amide bonds. The van der Waals surface area contributed by atoms with Crippen LogP contribution in [-0.4, -0.2) is 4.57 Å². The molecule has 9 aromatic carbocycles. The van der Waals surface area contributed by atoms with Gasteiger partial charge in [-0.3, -0.25) is 0 Å². The Morgan fingerprint density at radius 2 is 0.825 bits per heavy atom. The molecule has 1 heterocycles. The Labute approximate surface area is 332 Å². The highest BCUT2D eigenvalue weighted by molar-refractivity contribution is 6.11. The first-order valence-corrected chi connectivity index (χ1v) is 19.8. The van der Waals surface area contributed by atoms with E-state index in [0.29, 0.717) is 0 Å². The van der Waals surface area contributed by atoms with Gasteiger partial charge in [0.1, 0.15) is 0 Å². The number of anilines is 3. The minimum atomic E-state index is -0.438. The second-order valence-corrected chi connectivity index (χ2v) is 15.2. The van der Waals surface area contributed by atoms with Crippen LogP contribution < -0.4 is 4.90 Å². The fourth-order valence-electron chi connectivity index (χ4n) is 10.1. The molecule has 0 fully saturated rings. The van der Waals surface area contributed by atoms with Gasteiger partial charge in [0.2, 0.25) is 0 Å². The normalized spacial score (nSPS) is 13.1. The molecule has 0 saturated heterocycles. The summed E-state index contributed by atoms with van der Waals surface area (Å²) >= 11 is 0. The monoisotopic (exact) mass is 724 g/mol. The molecule has 2 heteroatoms. The van der Waals surface area contributed by atoms with E-state index in [1.54, 1.807) is 0 Å². The fourth-order valence-corrected chi connectivity index (χ4v) is 10.1. The predicted molar refractivity (Wildman–Crippen MR) is 237 cm³/mol. The van der Waals surface area contributed by atoms with Crippen LogP contribution >= 0.6 is 0 Å². The molecule has 1 spiro atoms. The predicted octanol–water partition coefficient (Wildman–Crippen LogP) is 14.3. The number of aromatic nitrogens is 1. The highest BCUT2D eigenvalue weighted by Crippen LogP contribution is 2.63. The van der Waals surface area contributed by atoms with E-state index in [9.17, 15) is 0 Å². The minimum Gasteiger partial charge on any atom is -0.310 e. The fraction of sp³-hybridized carbons (Fsp3) is 0.0182. The van der Waals surface area contributed by atoms with Crippen LogP contribution in [-0.2, 0) is 5.41 Å². The maximum Gasteiger partial charge on any atom is 0.0726 e. The van der Waals surface area contributed by atoms with Crippen LogP contribution in [0.25, 0.3) is 60.9 Å². The molecule has 0 N–H and O–H groups in total. The van der Waals surface area contributed by atoms with Crippen molar-refractivity contribution in [3.63, 3.8) is 0 Å². The number of nitrogens with zero attached hydrogens (tertiary/aromatic N) is 2. The van der Waals surface area contributed by atoms with Crippen molar-refractivity contribution in [1.29, 1.82) is 0 Å². The number of hydrogen-bond donors (Lipinski definition) is 0. The summed E-state index contributed by atoms with van der Waals surface area (Å²) in [6.07, 6.45) is 0. The second kappa shape index (κ2) is 12.3. The second-order valence-electron chi connectivity index (χ2n) is 15.2. The topological polar surface area (TPSA) is 8.17 Å². The highest BCUT2D eigenvalue weighted by atomic mass is 15.1. The molecule has 0 saturated carbocycles. The number of rotatable bonds is 5. The number of fused-ring (bicyclic) bond motifs is 13. The first-order valence-electron chi connectivity index (χ1n) is 19.8. The lowest BCUT2D eigenvalue weighted by Crippen LogP contribution is -2.26. The van der Waals surface area contributed by atoms with Crippen molar-refractivity contribution >= 4 is 38.9 Å². The average molecular weight is 725 g/mol.